The zero-order valence-corrected chi connectivity index (χ0v) is 13.7. The lowest BCUT2D eigenvalue weighted by Crippen LogP contribution is -2.14. The summed E-state index contributed by atoms with van der Waals surface area (Å²) in [7, 11) is 0. The van der Waals surface area contributed by atoms with Crippen LogP contribution in [-0.2, 0) is 0 Å². The zero-order valence-electron chi connectivity index (χ0n) is 9.95. The van der Waals surface area contributed by atoms with E-state index in [2.05, 4.69) is 43.8 Å². The van der Waals surface area contributed by atoms with Crippen molar-refractivity contribution in [1.82, 2.24) is 0 Å². The molecule has 0 aliphatic carbocycles. The first-order valence-corrected chi connectivity index (χ1v) is 7.34. The number of rotatable bonds is 2. The second-order valence-corrected chi connectivity index (χ2v) is 5.96. The van der Waals surface area contributed by atoms with Gasteiger partial charge in [0.1, 0.15) is 11.9 Å². The summed E-state index contributed by atoms with van der Waals surface area (Å²) in [5.74, 6) is -0.865. The number of benzene rings is 2. The summed E-state index contributed by atoms with van der Waals surface area (Å²) < 4.78 is 14.6. The molecule has 0 fully saturated rings. The zero-order chi connectivity index (χ0) is 14.7. The van der Waals surface area contributed by atoms with Gasteiger partial charge in [0.15, 0.2) is 0 Å². The molecule has 0 saturated heterocycles. The number of carbonyl (C=O) groups excluding carboxylic acids is 1. The quantitative estimate of drug-likeness (QED) is 0.701. The van der Waals surface area contributed by atoms with E-state index in [1.54, 1.807) is 12.1 Å². The second kappa shape index (κ2) is 6.33. The molecule has 3 nitrogen and oxygen atoms in total. The van der Waals surface area contributed by atoms with Crippen LogP contribution in [0.4, 0.5) is 10.1 Å². The third-order valence-electron chi connectivity index (χ3n) is 2.52. The lowest BCUT2D eigenvalue weighted by atomic mass is 10.1. The van der Waals surface area contributed by atoms with Crippen LogP contribution < -0.4 is 5.32 Å². The fourth-order valence-electron chi connectivity index (χ4n) is 1.58. The summed E-state index contributed by atoms with van der Waals surface area (Å²) in [6.45, 7) is 0. The van der Waals surface area contributed by atoms with Crippen molar-refractivity contribution in [3.8, 4) is 6.07 Å². The fraction of sp³-hybridized carbons (Fsp3) is 0. The number of amides is 1. The number of nitrogens with one attached hydrogen (secondary N) is 1. The topological polar surface area (TPSA) is 52.9 Å². The number of halogens is 3. The van der Waals surface area contributed by atoms with Gasteiger partial charge in [-0.25, -0.2) is 4.39 Å². The molecule has 0 bridgehead atoms. The molecule has 0 spiro atoms. The van der Waals surface area contributed by atoms with Crippen LogP contribution in [0.15, 0.2) is 40.9 Å². The van der Waals surface area contributed by atoms with Crippen LogP contribution in [0.25, 0.3) is 0 Å². The molecule has 0 unspecified atom stereocenters. The highest BCUT2D eigenvalue weighted by Crippen LogP contribution is 2.21. The summed E-state index contributed by atoms with van der Waals surface area (Å²) in [6.07, 6.45) is 0. The normalized spacial score (nSPS) is 9.90. The molecule has 0 aromatic heterocycles. The van der Waals surface area contributed by atoms with Crippen molar-refractivity contribution in [3.63, 3.8) is 0 Å². The van der Waals surface area contributed by atoms with Gasteiger partial charge in [-0.15, -0.1) is 0 Å². The van der Waals surface area contributed by atoms with Gasteiger partial charge in [-0.05, 0) is 59.0 Å². The van der Waals surface area contributed by atoms with Gasteiger partial charge < -0.3 is 5.32 Å². The summed E-state index contributed by atoms with van der Waals surface area (Å²) in [4.78, 5) is 12.2. The van der Waals surface area contributed by atoms with E-state index in [9.17, 15) is 9.18 Å². The lowest BCUT2D eigenvalue weighted by Gasteiger charge is -2.09. The second-order valence-electron chi connectivity index (χ2n) is 3.88. The van der Waals surface area contributed by atoms with Crippen LogP contribution in [0.5, 0.6) is 0 Å². The van der Waals surface area contributed by atoms with Gasteiger partial charge in [-0.2, -0.15) is 5.26 Å². The highest BCUT2D eigenvalue weighted by atomic mass is 127. The van der Waals surface area contributed by atoms with Crippen molar-refractivity contribution < 1.29 is 9.18 Å². The van der Waals surface area contributed by atoms with E-state index in [1.807, 2.05) is 12.1 Å². The number of hydrogen-bond donors (Lipinski definition) is 1. The van der Waals surface area contributed by atoms with Crippen molar-refractivity contribution in [2.45, 2.75) is 0 Å². The molecule has 20 heavy (non-hydrogen) atoms. The van der Waals surface area contributed by atoms with Crippen LogP contribution >= 0.6 is 38.5 Å². The number of carbonyl (C=O) groups is 1. The Morgan fingerprint density at radius 1 is 1.30 bits per heavy atom. The molecule has 0 radical (unpaired) electrons. The van der Waals surface area contributed by atoms with Crippen molar-refractivity contribution in [3.05, 3.63) is 61.4 Å². The Morgan fingerprint density at radius 3 is 2.75 bits per heavy atom. The van der Waals surface area contributed by atoms with Gasteiger partial charge in [0.2, 0.25) is 0 Å². The van der Waals surface area contributed by atoms with Crippen molar-refractivity contribution in [2.24, 2.45) is 0 Å². The molecule has 1 N–H and O–H groups in total. The summed E-state index contributed by atoms with van der Waals surface area (Å²) >= 11 is 5.35. The van der Waals surface area contributed by atoms with Crippen molar-refractivity contribution in [1.29, 1.82) is 5.26 Å². The molecular formula is C14H7BrFIN2O. The Labute approximate surface area is 137 Å². The summed E-state index contributed by atoms with van der Waals surface area (Å²) in [5.41, 5.74) is 0.853. The van der Waals surface area contributed by atoms with Crippen LogP contribution in [-0.4, -0.2) is 5.91 Å². The highest BCUT2D eigenvalue weighted by molar-refractivity contribution is 14.1. The molecule has 100 valence electrons. The predicted octanol–water partition coefficient (Wildman–Crippen LogP) is 4.32. The van der Waals surface area contributed by atoms with Gasteiger partial charge >= 0.3 is 0 Å². The largest absolute Gasteiger partial charge is 0.321 e. The first-order chi connectivity index (χ1) is 9.51. The third-order valence-corrected chi connectivity index (χ3v) is 3.96. The molecule has 2 aromatic carbocycles. The van der Waals surface area contributed by atoms with Crippen molar-refractivity contribution in [2.75, 3.05) is 5.32 Å². The minimum absolute atomic E-state index is 0.0864. The van der Waals surface area contributed by atoms with E-state index in [0.29, 0.717) is 5.56 Å². The third kappa shape index (κ3) is 3.35. The number of anilines is 1. The molecular weight excluding hydrogens is 438 g/mol. The van der Waals surface area contributed by atoms with E-state index in [4.69, 9.17) is 5.26 Å². The minimum Gasteiger partial charge on any atom is -0.321 e. The van der Waals surface area contributed by atoms with Gasteiger partial charge in [0.25, 0.3) is 5.91 Å². The Morgan fingerprint density at radius 2 is 2.05 bits per heavy atom. The lowest BCUT2D eigenvalue weighted by molar-refractivity contribution is 0.102. The Kier molecular flexibility index (Phi) is 4.73. The maximum atomic E-state index is 13.0. The molecule has 2 aromatic rings. The average molecular weight is 445 g/mol. The molecule has 0 heterocycles. The summed E-state index contributed by atoms with van der Waals surface area (Å²) in [5, 5.41) is 11.6. The van der Waals surface area contributed by atoms with Gasteiger partial charge in [-0.3, -0.25) is 4.79 Å². The van der Waals surface area contributed by atoms with E-state index in [-0.39, 0.29) is 17.2 Å². The van der Waals surface area contributed by atoms with E-state index < -0.39 is 5.82 Å². The van der Waals surface area contributed by atoms with E-state index in [0.717, 1.165) is 14.1 Å². The van der Waals surface area contributed by atoms with Gasteiger partial charge in [0, 0.05) is 8.04 Å². The van der Waals surface area contributed by atoms with Crippen LogP contribution in [0.3, 0.4) is 0 Å². The maximum Gasteiger partial charge on any atom is 0.256 e. The van der Waals surface area contributed by atoms with E-state index >= 15 is 0 Å². The fourth-order valence-corrected chi connectivity index (χ4v) is 2.52. The number of hydrogen-bond acceptors (Lipinski definition) is 2. The molecule has 2 rings (SSSR count). The number of nitriles is 1. The monoisotopic (exact) mass is 444 g/mol. The Bertz CT molecular complexity index is 728. The SMILES string of the molecule is N#Cc1cc(F)ccc1NC(=O)c1cc(Br)ccc1I. The Hall–Kier alpha value is -1.46. The van der Waals surface area contributed by atoms with E-state index in [1.165, 1.54) is 12.1 Å². The van der Waals surface area contributed by atoms with Crippen LogP contribution in [0.1, 0.15) is 15.9 Å². The highest BCUT2D eigenvalue weighted by Gasteiger charge is 2.13. The van der Waals surface area contributed by atoms with Crippen LogP contribution in [0.2, 0.25) is 0 Å². The minimum atomic E-state index is -0.517. The standard InChI is InChI=1S/C14H7BrFIN2O/c15-9-1-3-12(17)11(6-9)14(20)19-13-4-2-10(16)5-8(13)7-18/h1-6H,(H,19,20). The number of nitrogens with zero attached hydrogens (tertiary/aromatic N) is 1. The predicted molar refractivity (Wildman–Crippen MR) is 85.9 cm³/mol. The molecule has 1 amide bonds. The summed E-state index contributed by atoms with van der Waals surface area (Å²) in [6, 6.07) is 10.8. The maximum absolute atomic E-state index is 13.0. The van der Waals surface area contributed by atoms with Crippen LogP contribution in [0, 0.1) is 20.7 Å². The first-order valence-electron chi connectivity index (χ1n) is 5.47. The average Bonchev–Trinajstić information content (AvgIpc) is 2.43. The van der Waals surface area contributed by atoms with Gasteiger partial charge in [-0.1, -0.05) is 15.9 Å². The molecule has 0 atom stereocenters. The molecule has 6 heteroatoms. The molecule has 0 saturated carbocycles. The molecule has 0 aliphatic heterocycles. The smallest absolute Gasteiger partial charge is 0.256 e. The van der Waals surface area contributed by atoms with Crippen molar-refractivity contribution >= 4 is 50.1 Å². The van der Waals surface area contributed by atoms with Gasteiger partial charge in [0.05, 0.1) is 16.8 Å². The first kappa shape index (κ1) is 14.9. The molecule has 0 aliphatic rings. The Balaban J connectivity index is 2.33.